The average Bonchev–Trinajstić information content (AvgIpc) is 3.52. The molecule has 192 valence electrons. The Bertz CT molecular complexity index is 1610. The molecule has 1 saturated heterocycles. The molecule has 0 spiro atoms. The molecule has 6 rings (SSSR count). The lowest BCUT2D eigenvalue weighted by Gasteiger charge is -2.32. The van der Waals surface area contributed by atoms with Gasteiger partial charge in [-0.2, -0.15) is 5.10 Å². The summed E-state index contributed by atoms with van der Waals surface area (Å²) < 4.78 is 1.70. The monoisotopic (exact) mass is 528 g/mol. The van der Waals surface area contributed by atoms with E-state index in [0.29, 0.717) is 53.3 Å². The van der Waals surface area contributed by atoms with Gasteiger partial charge in [0.2, 0.25) is 5.91 Å². The Morgan fingerprint density at radius 3 is 2.63 bits per heavy atom. The third-order valence-electron chi connectivity index (χ3n) is 7.12. The van der Waals surface area contributed by atoms with Crippen LogP contribution in [-0.4, -0.2) is 56.5 Å². The summed E-state index contributed by atoms with van der Waals surface area (Å²) in [6.07, 6.45) is 5.20. The van der Waals surface area contributed by atoms with Gasteiger partial charge in [0.25, 0.3) is 11.8 Å². The molecule has 2 aliphatic rings. The van der Waals surface area contributed by atoms with Crippen molar-refractivity contribution in [2.45, 2.75) is 25.3 Å². The lowest BCUT2D eigenvalue weighted by molar-refractivity contribution is -0.115. The van der Waals surface area contributed by atoms with Crippen molar-refractivity contribution >= 4 is 45.9 Å². The smallest absolute Gasteiger partial charge is 0.253 e. The van der Waals surface area contributed by atoms with Crippen LogP contribution in [0.2, 0.25) is 5.02 Å². The molecule has 0 bridgehead atoms. The number of halogens is 1. The van der Waals surface area contributed by atoms with Crippen molar-refractivity contribution in [1.82, 2.24) is 25.0 Å². The number of rotatable bonds is 4. The number of fused-ring (bicyclic) bond motifs is 2. The van der Waals surface area contributed by atoms with Crippen LogP contribution in [0.3, 0.4) is 0 Å². The van der Waals surface area contributed by atoms with Gasteiger partial charge in [-0.1, -0.05) is 17.7 Å². The fraction of sp³-hybridized carbons (Fsp3) is 0.250. The van der Waals surface area contributed by atoms with Crippen LogP contribution in [0.15, 0.2) is 54.9 Å². The summed E-state index contributed by atoms with van der Waals surface area (Å²) in [6.45, 7) is 1.07. The van der Waals surface area contributed by atoms with Gasteiger partial charge in [-0.15, -0.1) is 0 Å². The van der Waals surface area contributed by atoms with Gasteiger partial charge >= 0.3 is 0 Å². The minimum Gasteiger partial charge on any atom is -0.349 e. The second-order valence-corrected chi connectivity index (χ2v) is 10.2. The van der Waals surface area contributed by atoms with Gasteiger partial charge in [-0.3, -0.25) is 19.1 Å². The van der Waals surface area contributed by atoms with Gasteiger partial charge in [0.15, 0.2) is 0 Å². The van der Waals surface area contributed by atoms with E-state index < -0.39 is 0 Å². The van der Waals surface area contributed by atoms with E-state index in [1.54, 1.807) is 47.3 Å². The molecule has 9 nitrogen and oxygen atoms in total. The first-order chi connectivity index (χ1) is 18.3. The number of carbonyl (C=O) groups excluding carboxylic acids is 3. The zero-order valence-electron chi connectivity index (χ0n) is 20.7. The number of benzene rings is 2. The molecule has 4 heterocycles. The second kappa shape index (κ2) is 9.57. The number of likely N-dealkylation sites (tertiary alicyclic amines) is 1. The summed E-state index contributed by atoms with van der Waals surface area (Å²) in [6, 6.07) is 12.4. The lowest BCUT2D eigenvalue weighted by Crippen LogP contribution is -2.46. The number of amides is 3. The summed E-state index contributed by atoms with van der Waals surface area (Å²) in [5.74, 6) is -0.301. The highest BCUT2D eigenvalue weighted by Gasteiger charge is 2.26. The molecular weight excluding hydrogens is 504 g/mol. The summed E-state index contributed by atoms with van der Waals surface area (Å²) in [5.41, 5.74) is 4.88. The number of hydrogen-bond acceptors (Lipinski definition) is 5. The van der Waals surface area contributed by atoms with E-state index in [2.05, 4.69) is 15.7 Å². The molecule has 0 atom stereocenters. The molecule has 1 fully saturated rings. The molecule has 2 aliphatic heterocycles. The predicted octanol–water partition coefficient (Wildman–Crippen LogP) is 3.82. The molecule has 2 N–H and O–H groups in total. The molecule has 3 amide bonds. The van der Waals surface area contributed by atoms with Crippen LogP contribution in [-0.2, 0) is 18.3 Å². The highest BCUT2D eigenvalue weighted by Crippen LogP contribution is 2.29. The normalized spacial score (nSPS) is 15.4. The largest absolute Gasteiger partial charge is 0.349 e. The van der Waals surface area contributed by atoms with Crippen molar-refractivity contribution in [1.29, 1.82) is 0 Å². The van der Waals surface area contributed by atoms with Crippen molar-refractivity contribution in [3.8, 4) is 11.3 Å². The maximum absolute atomic E-state index is 13.3. The summed E-state index contributed by atoms with van der Waals surface area (Å²) in [5, 5.41) is 11.4. The van der Waals surface area contributed by atoms with Gasteiger partial charge in [-0.25, -0.2) is 4.98 Å². The third-order valence-corrected chi connectivity index (χ3v) is 7.43. The Labute approximate surface area is 223 Å². The number of hydrogen-bond donors (Lipinski definition) is 2. The number of carbonyl (C=O) groups is 3. The highest BCUT2D eigenvalue weighted by atomic mass is 35.5. The zero-order chi connectivity index (χ0) is 26.4. The SMILES string of the molecule is Cn1cc(-c2cc(Cl)c3ccc(C(=O)N4CCC(NC(=O)c5ccc6c(c5)CC(=O)N6)CC4)cc3n2)cn1. The van der Waals surface area contributed by atoms with Crippen molar-refractivity contribution in [3.63, 3.8) is 0 Å². The van der Waals surface area contributed by atoms with Crippen molar-refractivity contribution in [3.05, 3.63) is 76.6 Å². The molecule has 0 radical (unpaired) electrons. The minimum absolute atomic E-state index is 0.0290. The third kappa shape index (κ3) is 4.61. The van der Waals surface area contributed by atoms with E-state index in [-0.39, 0.29) is 30.2 Å². The Kier molecular flexibility index (Phi) is 6.07. The van der Waals surface area contributed by atoms with E-state index in [1.165, 1.54) is 0 Å². The minimum atomic E-state index is -0.168. The van der Waals surface area contributed by atoms with Crippen LogP contribution in [0.4, 0.5) is 5.69 Å². The van der Waals surface area contributed by atoms with Crippen molar-refractivity contribution in [2.24, 2.45) is 7.05 Å². The Morgan fingerprint density at radius 1 is 1.08 bits per heavy atom. The first-order valence-corrected chi connectivity index (χ1v) is 12.8. The van der Waals surface area contributed by atoms with Gasteiger partial charge in [0, 0.05) is 60.1 Å². The van der Waals surface area contributed by atoms with E-state index >= 15 is 0 Å². The zero-order valence-corrected chi connectivity index (χ0v) is 21.5. The van der Waals surface area contributed by atoms with Crippen LogP contribution in [0, 0.1) is 0 Å². The Hall–Kier alpha value is -4.24. The number of piperidine rings is 1. The lowest BCUT2D eigenvalue weighted by atomic mass is 10.0. The highest BCUT2D eigenvalue weighted by molar-refractivity contribution is 6.35. The molecule has 38 heavy (non-hydrogen) atoms. The fourth-order valence-corrected chi connectivity index (χ4v) is 5.33. The van der Waals surface area contributed by atoms with E-state index in [0.717, 1.165) is 22.2 Å². The van der Waals surface area contributed by atoms with E-state index in [4.69, 9.17) is 16.6 Å². The quantitative estimate of drug-likeness (QED) is 0.418. The molecule has 2 aromatic heterocycles. The maximum atomic E-state index is 13.3. The van der Waals surface area contributed by atoms with Gasteiger partial charge in [0.05, 0.1) is 28.9 Å². The van der Waals surface area contributed by atoms with E-state index in [1.807, 2.05) is 24.2 Å². The van der Waals surface area contributed by atoms with E-state index in [9.17, 15) is 14.4 Å². The number of pyridine rings is 1. The average molecular weight is 529 g/mol. The van der Waals surface area contributed by atoms with Crippen molar-refractivity contribution in [2.75, 3.05) is 18.4 Å². The fourth-order valence-electron chi connectivity index (χ4n) is 5.07. The summed E-state index contributed by atoms with van der Waals surface area (Å²) in [7, 11) is 1.84. The summed E-state index contributed by atoms with van der Waals surface area (Å²) >= 11 is 6.52. The van der Waals surface area contributed by atoms with Crippen molar-refractivity contribution < 1.29 is 14.4 Å². The van der Waals surface area contributed by atoms with Crippen LogP contribution in [0.5, 0.6) is 0 Å². The summed E-state index contributed by atoms with van der Waals surface area (Å²) in [4.78, 5) is 44.2. The van der Waals surface area contributed by atoms with Gasteiger partial charge in [-0.05, 0) is 54.8 Å². The number of nitrogens with zero attached hydrogens (tertiary/aromatic N) is 4. The predicted molar refractivity (Wildman–Crippen MR) is 144 cm³/mol. The molecule has 2 aromatic carbocycles. The van der Waals surface area contributed by atoms with Crippen LogP contribution in [0.1, 0.15) is 39.1 Å². The second-order valence-electron chi connectivity index (χ2n) is 9.76. The number of aryl methyl sites for hydroxylation is 1. The Morgan fingerprint density at radius 2 is 1.87 bits per heavy atom. The molecule has 0 saturated carbocycles. The molecule has 0 aliphatic carbocycles. The molecular formula is C28H25ClN6O3. The van der Waals surface area contributed by atoms with Crippen LogP contribution >= 0.6 is 11.6 Å². The van der Waals surface area contributed by atoms with Crippen LogP contribution < -0.4 is 10.6 Å². The molecule has 0 unspecified atom stereocenters. The molecule has 4 aromatic rings. The molecule has 10 heteroatoms. The standard InChI is InChI=1S/C28H25ClN6O3/c1-34-15-19(14-30-34)24-13-22(29)21-4-2-17(11-25(21)32-24)28(38)35-8-6-20(7-9-35)31-27(37)16-3-5-23-18(10-16)12-26(36)33-23/h2-5,10-11,13-15,20H,6-9,12H2,1H3,(H,31,37)(H,33,36). The topological polar surface area (TPSA) is 109 Å². The van der Waals surface area contributed by atoms with Gasteiger partial charge in [0.1, 0.15) is 0 Å². The Balaban J connectivity index is 1.11. The maximum Gasteiger partial charge on any atom is 0.253 e. The number of aromatic nitrogens is 3. The first kappa shape index (κ1) is 24.1. The number of anilines is 1. The van der Waals surface area contributed by atoms with Crippen LogP contribution in [0.25, 0.3) is 22.2 Å². The van der Waals surface area contributed by atoms with Gasteiger partial charge < -0.3 is 15.5 Å². The number of nitrogens with one attached hydrogen (secondary N) is 2. The first-order valence-electron chi connectivity index (χ1n) is 12.5.